The number of amides is 2. The lowest BCUT2D eigenvalue weighted by atomic mass is 10.0. The van der Waals surface area contributed by atoms with Gasteiger partial charge in [-0.2, -0.15) is 0 Å². The van der Waals surface area contributed by atoms with Crippen LogP contribution in [0.15, 0.2) is 36.7 Å². The Hall–Kier alpha value is -2.56. The fraction of sp³-hybridized carbons (Fsp3) is 0.368. The second kappa shape index (κ2) is 6.51. The maximum Gasteiger partial charge on any atom is 0.255 e. The summed E-state index contributed by atoms with van der Waals surface area (Å²) in [5.41, 5.74) is 3.61. The van der Waals surface area contributed by atoms with E-state index < -0.39 is 0 Å². The Bertz CT molecular complexity index is 771. The first kappa shape index (κ1) is 16.3. The van der Waals surface area contributed by atoms with Crippen molar-refractivity contribution in [3.8, 4) is 0 Å². The summed E-state index contributed by atoms with van der Waals surface area (Å²) in [6.07, 6.45) is 3.70. The van der Waals surface area contributed by atoms with Crippen molar-refractivity contribution >= 4 is 11.8 Å². The monoisotopic (exact) mass is 325 g/mol. The van der Waals surface area contributed by atoms with Gasteiger partial charge in [-0.3, -0.25) is 9.59 Å². The van der Waals surface area contributed by atoms with Crippen molar-refractivity contribution in [1.82, 2.24) is 14.4 Å². The molecule has 0 unspecified atom stereocenters. The fourth-order valence-electron chi connectivity index (χ4n) is 3.15. The third-order valence-corrected chi connectivity index (χ3v) is 4.55. The Morgan fingerprint density at radius 2 is 1.54 bits per heavy atom. The molecule has 5 nitrogen and oxygen atoms in total. The lowest BCUT2D eigenvalue weighted by Gasteiger charge is -2.35. The molecular weight excluding hydrogens is 302 g/mol. The number of rotatable bonds is 2. The Labute approximate surface area is 142 Å². The van der Waals surface area contributed by atoms with Crippen molar-refractivity contribution in [1.29, 1.82) is 0 Å². The van der Waals surface area contributed by atoms with Crippen LogP contribution >= 0.6 is 0 Å². The third-order valence-electron chi connectivity index (χ3n) is 4.55. The number of aryl methyl sites for hydroxylation is 3. The molecule has 24 heavy (non-hydrogen) atoms. The zero-order valence-electron chi connectivity index (χ0n) is 14.5. The summed E-state index contributed by atoms with van der Waals surface area (Å²) in [5.74, 6) is 0.0912. The van der Waals surface area contributed by atoms with Gasteiger partial charge in [0.05, 0.1) is 5.56 Å². The predicted molar refractivity (Wildman–Crippen MR) is 93.1 cm³/mol. The van der Waals surface area contributed by atoms with E-state index in [-0.39, 0.29) is 11.8 Å². The molecule has 2 aromatic rings. The van der Waals surface area contributed by atoms with Crippen LogP contribution in [0.1, 0.15) is 31.8 Å². The number of benzene rings is 1. The van der Waals surface area contributed by atoms with E-state index in [1.54, 1.807) is 0 Å². The largest absolute Gasteiger partial charge is 0.356 e. The van der Waals surface area contributed by atoms with Crippen molar-refractivity contribution in [3.05, 3.63) is 58.9 Å². The molecule has 1 aromatic carbocycles. The van der Waals surface area contributed by atoms with Crippen molar-refractivity contribution < 1.29 is 9.59 Å². The van der Waals surface area contributed by atoms with E-state index in [1.807, 2.05) is 71.9 Å². The van der Waals surface area contributed by atoms with E-state index in [9.17, 15) is 9.59 Å². The molecule has 0 radical (unpaired) electrons. The van der Waals surface area contributed by atoms with Gasteiger partial charge in [0.1, 0.15) is 0 Å². The Balaban J connectivity index is 1.64. The SMILES string of the molecule is Cc1ccc(C(=O)N2CCN(C(=O)c3ccn(C)c3)CC2)c(C)c1. The third kappa shape index (κ3) is 3.20. The van der Waals surface area contributed by atoms with Gasteiger partial charge in [-0.05, 0) is 31.5 Å². The summed E-state index contributed by atoms with van der Waals surface area (Å²) in [5, 5.41) is 0. The molecule has 0 saturated carbocycles. The van der Waals surface area contributed by atoms with Crippen LogP contribution in [0, 0.1) is 13.8 Å². The van der Waals surface area contributed by atoms with Crippen LogP contribution in [-0.2, 0) is 7.05 Å². The van der Waals surface area contributed by atoms with Crippen LogP contribution in [0.5, 0.6) is 0 Å². The highest BCUT2D eigenvalue weighted by atomic mass is 16.2. The average molecular weight is 325 g/mol. The zero-order valence-corrected chi connectivity index (χ0v) is 14.5. The van der Waals surface area contributed by atoms with Crippen molar-refractivity contribution in [2.45, 2.75) is 13.8 Å². The standard InChI is InChI=1S/C19H23N3O2/c1-14-4-5-17(15(2)12-14)19(24)22-10-8-21(9-11-22)18(23)16-6-7-20(3)13-16/h4-7,12-13H,8-11H2,1-3H3. The summed E-state index contributed by atoms with van der Waals surface area (Å²) < 4.78 is 1.87. The molecule has 1 saturated heterocycles. The van der Waals surface area contributed by atoms with Gasteiger partial charge in [0, 0.05) is 51.2 Å². The van der Waals surface area contributed by atoms with Gasteiger partial charge >= 0.3 is 0 Å². The molecule has 2 heterocycles. The van der Waals surface area contributed by atoms with Crippen LogP contribution in [0.25, 0.3) is 0 Å². The van der Waals surface area contributed by atoms with Crippen molar-refractivity contribution in [2.24, 2.45) is 7.05 Å². The molecule has 0 aliphatic carbocycles. The minimum atomic E-state index is 0.0363. The van der Waals surface area contributed by atoms with Crippen molar-refractivity contribution in [3.63, 3.8) is 0 Å². The first-order valence-corrected chi connectivity index (χ1v) is 8.23. The number of carbonyl (C=O) groups is 2. The van der Waals surface area contributed by atoms with Gasteiger partial charge in [-0.25, -0.2) is 0 Å². The maximum atomic E-state index is 12.7. The number of carbonyl (C=O) groups excluding carboxylic acids is 2. The molecule has 5 heteroatoms. The van der Waals surface area contributed by atoms with Gasteiger partial charge in [0.25, 0.3) is 11.8 Å². The van der Waals surface area contributed by atoms with E-state index in [4.69, 9.17) is 0 Å². The Kier molecular flexibility index (Phi) is 4.42. The number of hydrogen-bond donors (Lipinski definition) is 0. The first-order chi connectivity index (χ1) is 11.5. The summed E-state index contributed by atoms with van der Waals surface area (Å²) in [4.78, 5) is 28.8. The van der Waals surface area contributed by atoms with Crippen LogP contribution in [0.4, 0.5) is 0 Å². The smallest absolute Gasteiger partial charge is 0.255 e. The highest BCUT2D eigenvalue weighted by molar-refractivity contribution is 5.96. The van der Waals surface area contributed by atoms with Crippen LogP contribution < -0.4 is 0 Å². The molecule has 126 valence electrons. The molecule has 1 aliphatic heterocycles. The Morgan fingerprint density at radius 3 is 2.08 bits per heavy atom. The number of hydrogen-bond acceptors (Lipinski definition) is 2. The lowest BCUT2D eigenvalue weighted by Crippen LogP contribution is -2.50. The van der Waals surface area contributed by atoms with Gasteiger partial charge in [-0.15, -0.1) is 0 Å². The second-order valence-electron chi connectivity index (χ2n) is 6.47. The molecule has 0 N–H and O–H groups in total. The van der Waals surface area contributed by atoms with E-state index in [1.165, 1.54) is 0 Å². The van der Waals surface area contributed by atoms with Gasteiger partial charge in [0.2, 0.25) is 0 Å². The van der Waals surface area contributed by atoms with Gasteiger partial charge < -0.3 is 14.4 Å². The normalized spacial score (nSPS) is 14.8. The van der Waals surface area contributed by atoms with E-state index in [0.717, 1.165) is 16.7 Å². The van der Waals surface area contributed by atoms with Crippen LogP contribution in [0.3, 0.4) is 0 Å². The maximum absolute atomic E-state index is 12.7. The van der Waals surface area contributed by atoms with Gasteiger partial charge in [-0.1, -0.05) is 17.7 Å². The summed E-state index contributed by atoms with van der Waals surface area (Å²) in [6.45, 7) is 6.29. The summed E-state index contributed by atoms with van der Waals surface area (Å²) in [6, 6.07) is 7.72. The molecule has 1 aromatic heterocycles. The minimum absolute atomic E-state index is 0.0363. The molecule has 2 amide bonds. The quantitative estimate of drug-likeness (QED) is 0.850. The number of piperazine rings is 1. The number of aromatic nitrogens is 1. The molecule has 3 rings (SSSR count). The van der Waals surface area contributed by atoms with Crippen LogP contribution in [0.2, 0.25) is 0 Å². The lowest BCUT2D eigenvalue weighted by molar-refractivity contribution is 0.0535. The highest BCUT2D eigenvalue weighted by Gasteiger charge is 2.26. The molecule has 1 fully saturated rings. The summed E-state index contributed by atoms with van der Waals surface area (Å²) >= 11 is 0. The van der Waals surface area contributed by atoms with Gasteiger partial charge in [0.15, 0.2) is 0 Å². The predicted octanol–water partition coefficient (Wildman–Crippen LogP) is 2.24. The highest BCUT2D eigenvalue weighted by Crippen LogP contribution is 2.16. The minimum Gasteiger partial charge on any atom is -0.356 e. The average Bonchev–Trinajstić information content (AvgIpc) is 3.00. The molecule has 0 atom stereocenters. The van der Waals surface area contributed by atoms with Crippen LogP contribution in [-0.4, -0.2) is 52.4 Å². The van der Waals surface area contributed by atoms with Crippen molar-refractivity contribution in [2.75, 3.05) is 26.2 Å². The fourth-order valence-corrected chi connectivity index (χ4v) is 3.15. The van der Waals surface area contributed by atoms with E-state index in [0.29, 0.717) is 31.7 Å². The Morgan fingerprint density at radius 1 is 0.917 bits per heavy atom. The first-order valence-electron chi connectivity index (χ1n) is 8.23. The molecule has 0 spiro atoms. The number of nitrogens with zero attached hydrogens (tertiary/aromatic N) is 3. The topological polar surface area (TPSA) is 45.6 Å². The molecule has 1 aliphatic rings. The molecule has 0 bridgehead atoms. The van der Waals surface area contributed by atoms with E-state index in [2.05, 4.69) is 0 Å². The van der Waals surface area contributed by atoms with E-state index >= 15 is 0 Å². The zero-order chi connectivity index (χ0) is 17.3. The molecular formula is C19H23N3O2. The summed E-state index contributed by atoms with van der Waals surface area (Å²) in [7, 11) is 1.90. The second-order valence-corrected chi connectivity index (χ2v) is 6.47.